The van der Waals surface area contributed by atoms with Gasteiger partial charge in [-0.15, -0.1) is 0 Å². The zero-order valence-corrected chi connectivity index (χ0v) is 13.6. The number of benzene rings is 2. The third-order valence-electron chi connectivity index (χ3n) is 3.71. The molecule has 22 heavy (non-hydrogen) atoms. The lowest BCUT2D eigenvalue weighted by molar-refractivity contribution is 0.374. The fourth-order valence-electron chi connectivity index (χ4n) is 2.32. The lowest BCUT2D eigenvalue weighted by atomic mass is 9.88. The zero-order valence-electron chi connectivity index (χ0n) is 13.6. The maximum absolute atomic E-state index is 14.1. The predicted octanol–water partition coefficient (Wildman–Crippen LogP) is 5.19. The molecule has 0 radical (unpaired) electrons. The normalized spacial score (nSPS) is 11.5. The quantitative estimate of drug-likeness (QED) is 0.842. The van der Waals surface area contributed by atoms with Crippen LogP contribution in [-0.2, 0) is 6.42 Å². The van der Waals surface area contributed by atoms with Gasteiger partial charge in [0, 0.05) is 5.56 Å². The van der Waals surface area contributed by atoms with Crippen molar-refractivity contribution in [3.05, 3.63) is 47.8 Å². The number of hydrogen-bond acceptors (Lipinski definition) is 2. The topological polar surface area (TPSA) is 29.5 Å². The molecule has 3 heteroatoms. The minimum Gasteiger partial charge on any atom is -0.508 e. The Kier molecular flexibility index (Phi) is 4.74. The molecule has 1 N–H and O–H groups in total. The van der Waals surface area contributed by atoms with Crippen LogP contribution >= 0.6 is 0 Å². The SMILES string of the molecule is COc1ccc(F)c(-c2ccc(O)c(CCC(C)(C)C)c2)c1. The van der Waals surface area contributed by atoms with Crippen LogP contribution in [0.15, 0.2) is 36.4 Å². The Hall–Kier alpha value is -2.03. The van der Waals surface area contributed by atoms with Crippen molar-refractivity contribution in [2.75, 3.05) is 7.11 Å². The van der Waals surface area contributed by atoms with E-state index in [1.54, 1.807) is 31.4 Å². The van der Waals surface area contributed by atoms with Crippen LogP contribution in [0, 0.1) is 11.2 Å². The first-order valence-corrected chi connectivity index (χ1v) is 7.46. The number of ether oxygens (including phenoxy) is 1. The van der Waals surface area contributed by atoms with Crippen LogP contribution in [-0.4, -0.2) is 12.2 Å². The summed E-state index contributed by atoms with van der Waals surface area (Å²) in [5.74, 6) is 0.574. The van der Waals surface area contributed by atoms with Crippen molar-refractivity contribution in [3.63, 3.8) is 0 Å². The van der Waals surface area contributed by atoms with Gasteiger partial charge in [0.05, 0.1) is 7.11 Å². The van der Waals surface area contributed by atoms with Crippen LogP contribution in [0.1, 0.15) is 32.8 Å². The van der Waals surface area contributed by atoms with Crippen LogP contribution < -0.4 is 4.74 Å². The van der Waals surface area contributed by atoms with Crippen LogP contribution in [0.25, 0.3) is 11.1 Å². The summed E-state index contributed by atoms with van der Waals surface area (Å²) in [6.07, 6.45) is 1.71. The van der Waals surface area contributed by atoms with E-state index in [2.05, 4.69) is 20.8 Å². The summed E-state index contributed by atoms with van der Waals surface area (Å²) in [7, 11) is 1.56. The molecule has 118 valence electrons. The van der Waals surface area contributed by atoms with E-state index in [1.807, 2.05) is 6.07 Å². The van der Waals surface area contributed by atoms with Crippen molar-refractivity contribution in [1.29, 1.82) is 0 Å². The Morgan fingerprint density at radius 3 is 2.45 bits per heavy atom. The van der Waals surface area contributed by atoms with Gasteiger partial charge in [0.15, 0.2) is 0 Å². The summed E-state index contributed by atoms with van der Waals surface area (Å²) in [5, 5.41) is 10.0. The van der Waals surface area contributed by atoms with E-state index in [-0.39, 0.29) is 17.0 Å². The third-order valence-corrected chi connectivity index (χ3v) is 3.71. The van der Waals surface area contributed by atoms with E-state index in [1.165, 1.54) is 6.07 Å². The van der Waals surface area contributed by atoms with Gasteiger partial charge in [0.2, 0.25) is 0 Å². The number of halogens is 1. The first-order valence-electron chi connectivity index (χ1n) is 7.46. The average Bonchev–Trinajstić information content (AvgIpc) is 2.46. The molecular formula is C19H23FO2. The fraction of sp³-hybridized carbons (Fsp3) is 0.368. The molecule has 0 heterocycles. The number of aromatic hydroxyl groups is 1. The summed E-state index contributed by atoms with van der Waals surface area (Å²) < 4.78 is 19.2. The van der Waals surface area contributed by atoms with Gasteiger partial charge in [-0.2, -0.15) is 0 Å². The molecule has 0 spiro atoms. The zero-order chi connectivity index (χ0) is 16.3. The summed E-state index contributed by atoms with van der Waals surface area (Å²) >= 11 is 0. The maximum Gasteiger partial charge on any atom is 0.131 e. The van der Waals surface area contributed by atoms with E-state index < -0.39 is 0 Å². The smallest absolute Gasteiger partial charge is 0.131 e. The van der Waals surface area contributed by atoms with E-state index in [0.29, 0.717) is 11.3 Å². The molecule has 0 bridgehead atoms. The second kappa shape index (κ2) is 6.39. The molecule has 2 aromatic rings. The molecule has 0 amide bonds. The highest BCUT2D eigenvalue weighted by molar-refractivity contribution is 5.67. The van der Waals surface area contributed by atoms with E-state index >= 15 is 0 Å². The number of phenols is 1. The van der Waals surface area contributed by atoms with Gasteiger partial charge < -0.3 is 9.84 Å². The molecule has 0 saturated carbocycles. The van der Waals surface area contributed by atoms with Crippen LogP contribution in [0.2, 0.25) is 0 Å². The highest BCUT2D eigenvalue weighted by atomic mass is 19.1. The summed E-state index contributed by atoms with van der Waals surface area (Å²) in [5.41, 5.74) is 2.26. The van der Waals surface area contributed by atoms with Crippen LogP contribution in [0.4, 0.5) is 4.39 Å². The van der Waals surface area contributed by atoms with Crippen molar-refractivity contribution in [3.8, 4) is 22.6 Å². The average molecular weight is 302 g/mol. The van der Waals surface area contributed by atoms with Crippen molar-refractivity contribution in [2.45, 2.75) is 33.6 Å². The highest BCUT2D eigenvalue weighted by Gasteiger charge is 2.14. The number of aryl methyl sites for hydroxylation is 1. The standard InChI is InChI=1S/C19H23FO2/c1-19(2,3)10-9-14-11-13(5-8-18(14)21)16-12-15(22-4)6-7-17(16)20/h5-8,11-12,21H,9-10H2,1-4H3. The molecule has 0 aromatic heterocycles. The molecule has 2 rings (SSSR count). The van der Waals surface area contributed by atoms with Gasteiger partial charge in [-0.1, -0.05) is 26.8 Å². The summed E-state index contributed by atoms with van der Waals surface area (Å²) in [6, 6.07) is 9.89. The molecule has 0 aliphatic heterocycles. The van der Waals surface area contributed by atoms with Gasteiger partial charge in [-0.25, -0.2) is 4.39 Å². The number of rotatable bonds is 4. The van der Waals surface area contributed by atoms with Crippen molar-refractivity contribution in [1.82, 2.24) is 0 Å². The predicted molar refractivity (Wildman–Crippen MR) is 87.8 cm³/mol. The molecule has 0 unspecified atom stereocenters. The largest absolute Gasteiger partial charge is 0.508 e. The number of methoxy groups -OCH3 is 1. The Morgan fingerprint density at radius 1 is 1.09 bits per heavy atom. The fourth-order valence-corrected chi connectivity index (χ4v) is 2.32. The lowest BCUT2D eigenvalue weighted by Crippen LogP contribution is -2.06. The molecule has 0 fully saturated rings. The first kappa shape index (κ1) is 16.3. The Balaban J connectivity index is 2.37. The van der Waals surface area contributed by atoms with Gasteiger partial charge in [0.25, 0.3) is 0 Å². The lowest BCUT2D eigenvalue weighted by Gasteiger charge is -2.18. The minimum atomic E-state index is -0.298. The van der Waals surface area contributed by atoms with Crippen molar-refractivity contribution >= 4 is 0 Å². The second-order valence-corrected chi connectivity index (χ2v) is 6.75. The highest BCUT2D eigenvalue weighted by Crippen LogP contribution is 2.32. The molecule has 2 nitrogen and oxygen atoms in total. The Labute approximate surface area is 131 Å². The molecule has 0 saturated heterocycles. The van der Waals surface area contributed by atoms with Crippen LogP contribution in [0.5, 0.6) is 11.5 Å². The second-order valence-electron chi connectivity index (χ2n) is 6.75. The van der Waals surface area contributed by atoms with E-state index in [9.17, 15) is 9.50 Å². The van der Waals surface area contributed by atoms with Gasteiger partial charge in [0.1, 0.15) is 17.3 Å². The first-order chi connectivity index (χ1) is 10.3. The monoisotopic (exact) mass is 302 g/mol. The molecule has 0 aliphatic rings. The Bertz CT molecular complexity index is 657. The number of phenolic OH excluding ortho intramolecular Hbond substituents is 1. The van der Waals surface area contributed by atoms with Gasteiger partial charge in [-0.05, 0) is 59.7 Å². The minimum absolute atomic E-state index is 0.184. The van der Waals surface area contributed by atoms with Gasteiger partial charge in [-0.3, -0.25) is 0 Å². The molecule has 0 aliphatic carbocycles. The molecule has 2 aromatic carbocycles. The molecular weight excluding hydrogens is 279 g/mol. The number of hydrogen-bond donors (Lipinski definition) is 1. The Morgan fingerprint density at radius 2 is 1.82 bits per heavy atom. The summed E-state index contributed by atoms with van der Waals surface area (Å²) in [6.45, 7) is 6.49. The van der Waals surface area contributed by atoms with Crippen molar-refractivity contribution < 1.29 is 14.2 Å². The van der Waals surface area contributed by atoms with Gasteiger partial charge >= 0.3 is 0 Å². The van der Waals surface area contributed by atoms with E-state index in [0.717, 1.165) is 24.0 Å². The molecule has 0 atom stereocenters. The third kappa shape index (κ3) is 4.00. The van der Waals surface area contributed by atoms with Crippen LogP contribution in [0.3, 0.4) is 0 Å². The maximum atomic E-state index is 14.1. The summed E-state index contributed by atoms with van der Waals surface area (Å²) in [4.78, 5) is 0. The van der Waals surface area contributed by atoms with Crippen molar-refractivity contribution in [2.24, 2.45) is 5.41 Å². The van der Waals surface area contributed by atoms with E-state index in [4.69, 9.17) is 4.74 Å².